The van der Waals surface area contributed by atoms with Gasteiger partial charge < -0.3 is 20.3 Å². The largest absolute Gasteiger partial charge is 0.385 e. The lowest BCUT2D eigenvalue weighted by molar-refractivity contribution is -0.120. The predicted molar refractivity (Wildman–Crippen MR) is 95.1 cm³/mol. The van der Waals surface area contributed by atoms with Crippen molar-refractivity contribution in [2.45, 2.75) is 32.1 Å². The first-order valence-electron chi connectivity index (χ1n) is 8.64. The summed E-state index contributed by atoms with van der Waals surface area (Å²) in [7, 11) is 1.67. The van der Waals surface area contributed by atoms with E-state index in [9.17, 15) is 4.79 Å². The Balaban J connectivity index is 1.64. The molecule has 0 atom stereocenters. The van der Waals surface area contributed by atoms with E-state index in [1.54, 1.807) is 7.11 Å². The van der Waals surface area contributed by atoms with Crippen molar-refractivity contribution in [3.63, 3.8) is 0 Å². The molecule has 1 aliphatic rings. The summed E-state index contributed by atoms with van der Waals surface area (Å²) in [6, 6.07) is 8.53. The number of rotatable bonds is 9. The van der Waals surface area contributed by atoms with Crippen LogP contribution < -0.4 is 15.5 Å². The van der Waals surface area contributed by atoms with Gasteiger partial charge in [0.1, 0.15) is 0 Å². The van der Waals surface area contributed by atoms with E-state index >= 15 is 0 Å². The van der Waals surface area contributed by atoms with Crippen LogP contribution in [0, 0.1) is 0 Å². The summed E-state index contributed by atoms with van der Waals surface area (Å²) >= 11 is 0. The van der Waals surface area contributed by atoms with Crippen molar-refractivity contribution in [3.8, 4) is 0 Å². The van der Waals surface area contributed by atoms with Gasteiger partial charge in [-0.05, 0) is 49.9 Å². The first-order chi connectivity index (χ1) is 11.3. The van der Waals surface area contributed by atoms with Crippen LogP contribution >= 0.6 is 0 Å². The maximum absolute atomic E-state index is 11.7. The van der Waals surface area contributed by atoms with E-state index in [1.165, 1.54) is 24.9 Å². The number of carbonyl (C=O) groups is 1. The van der Waals surface area contributed by atoms with E-state index in [0.29, 0.717) is 26.1 Å². The molecule has 1 fully saturated rings. The second kappa shape index (κ2) is 10.1. The second-order valence-electron chi connectivity index (χ2n) is 5.97. The van der Waals surface area contributed by atoms with Crippen LogP contribution in [0.4, 0.5) is 11.4 Å². The van der Waals surface area contributed by atoms with Crippen molar-refractivity contribution in [3.05, 3.63) is 24.3 Å². The number of benzene rings is 1. The highest BCUT2D eigenvalue weighted by molar-refractivity contribution is 5.76. The first-order valence-corrected chi connectivity index (χ1v) is 8.64. The zero-order valence-corrected chi connectivity index (χ0v) is 14.1. The molecule has 2 rings (SSSR count). The number of nitrogens with zero attached hydrogens (tertiary/aromatic N) is 1. The van der Waals surface area contributed by atoms with Crippen LogP contribution in [0.15, 0.2) is 24.3 Å². The predicted octanol–water partition coefficient (Wildman–Crippen LogP) is 2.63. The quantitative estimate of drug-likeness (QED) is 0.687. The zero-order valence-electron chi connectivity index (χ0n) is 14.1. The van der Waals surface area contributed by atoms with Gasteiger partial charge in [0, 0.05) is 57.7 Å². The summed E-state index contributed by atoms with van der Waals surface area (Å²) in [5.41, 5.74) is 2.36. The molecule has 128 valence electrons. The van der Waals surface area contributed by atoms with Gasteiger partial charge in [0.2, 0.25) is 5.91 Å². The van der Waals surface area contributed by atoms with Crippen molar-refractivity contribution < 1.29 is 9.53 Å². The normalized spacial score (nSPS) is 14.6. The fraction of sp³-hybridized carbons (Fsp3) is 0.611. The van der Waals surface area contributed by atoms with Gasteiger partial charge in [-0.15, -0.1) is 0 Å². The minimum absolute atomic E-state index is 0.0820. The second-order valence-corrected chi connectivity index (χ2v) is 5.97. The number of amides is 1. The molecule has 1 saturated heterocycles. The lowest BCUT2D eigenvalue weighted by atomic mass is 10.1. The van der Waals surface area contributed by atoms with Crippen LogP contribution in [0.1, 0.15) is 32.1 Å². The van der Waals surface area contributed by atoms with Gasteiger partial charge in [0.05, 0.1) is 0 Å². The molecule has 1 amide bonds. The van der Waals surface area contributed by atoms with Crippen LogP contribution in [-0.2, 0) is 9.53 Å². The van der Waals surface area contributed by atoms with E-state index in [1.807, 2.05) is 0 Å². The van der Waals surface area contributed by atoms with Crippen molar-refractivity contribution in [2.75, 3.05) is 50.1 Å². The highest BCUT2D eigenvalue weighted by Crippen LogP contribution is 2.21. The van der Waals surface area contributed by atoms with Crippen LogP contribution in [0.25, 0.3) is 0 Å². The SMILES string of the molecule is COCCCNC(=O)CCNc1ccc(N2CCCCC2)cc1. The Kier molecular flexibility index (Phi) is 7.73. The van der Waals surface area contributed by atoms with Crippen molar-refractivity contribution in [1.29, 1.82) is 0 Å². The van der Waals surface area contributed by atoms with Crippen LogP contribution in [0.2, 0.25) is 0 Å². The van der Waals surface area contributed by atoms with Crippen LogP contribution in [-0.4, -0.2) is 45.8 Å². The molecule has 0 radical (unpaired) electrons. The Labute approximate surface area is 139 Å². The highest BCUT2D eigenvalue weighted by atomic mass is 16.5. The molecule has 5 heteroatoms. The standard InChI is InChI=1S/C18H29N3O2/c1-23-15-5-11-20-18(22)10-12-19-16-6-8-17(9-7-16)21-13-3-2-4-14-21/h6-9,19H,2-5,10-15H2,1H3,(H,20,22). The molecule has 1 aromatic carbocycles. The molecule has 0 aliphatic carbocycles. The Morgan fingerprint density at radius 1 is 1.13 bits per heavy atom. The van der Waals surface area contributed by atoms with Crippen molar-refractivity contribution >= 4 is 17.3 Å². The third kappa shape index (κ3) is 6.48. The molecular weight excluding hydrogens is 290 g/mol. The highest BCUT2D eigenvalue weighted by Gasteiger charge is 2.10. The lowest BCUT2D eigenvalue weighted by Crippen LogP contribution is -2.29. The minimum atomic E-state index is 0.0820. The number of ether oxygens (including phenoxy) is 1. The Bertz CT molecular complexity index is 456. The van der Waals surface area contributed by atoms with E-state index in [-0.39, 0.29) is 5.91 Å². The third-order valence-corrected chi connectivity index (χ3v) is 4.12. The van der Waals surface area contributed by atoms with Gasteiger partial charge in [-0.2, -0.15) is 0 Å². The molecule has 0 saturated carbocycles. The smallest absolute Gasteiger partial charge is 0.221 e. The summed E-state index contributed by atoms with van der Waals surface area (Å²) in [6.07, 6.45) is 5.27. The number of carbonyl (C=O) groups excluding carboxylic acids is 1. The molecule has 1 heterocycles. The monoisotopic (exact) mass is 319 g/mol. The van der Waals surface area contributed by atoms with Crippen molar-refractivity contribution in [1.82, 2.24) is 5.32 Å². The number of piperidine rings is 1. The number of methoxy groups -OCH3 is 1. The van der Waals surface area contributed by atoms with Gasteiger partial charge in [0.15, 0.2) is 0 Å². The first kappa shape index (κ1) is 17.6. The lowest BCUT2D eigenvalue weighted by Gasteiger charge is -2.28. The van der Waals surface area contributed by atoms with Crippen LogP contribution in [0.3, 0.4) is 0 Å². The Morgan fingerprint density at radius 3 is 2.57 bits per heavy atom. The van der Waals surface area contributed by atoms with Gasteiger partial charge in [-0.3, -0.25) is 4.79 Å². The third-order valence-electron chi connectivity index (χ3n) is 4.12. The summed E-state index contributed by atoms with van der Waals surface area (Å²) in [5, 5.41) is 6.19. The average Bonchev–Trinajstić information content (AvgIpc) is 2.60. The fourth-order valence-corrected chi connectivity index (χ4v) is 2.80. The number of hydrogen-bond donors (Lipinski definition) is 2. The van der Waals surface area contributed by atoms with E-state index < -0.39 is 0 Å². The maximum atomic E-state index is 11.7. The van der Waals surface area contributed by atoms with Crippen molar-refractivity contribution in [2.24, 2.45) is 0 Å². The molecule has 0 unspecified atom stereocenters. The zero-order chi connectivity index (χ0) is 16.3. The summed E-state index contributed by atoms with van der Waals surface area (Å²) in [6.45, 7) is 4.34. The minimum Gasteiger partial charge on any atom is -0.385 e. The Hall–Kier alpha value is -1.75. The number of hydrogen-bond acceptors (Lipinski definition) is 4. The molecule has 23 heavy (non-hydrogen) atoms. The van der Waals surface area contributed by atoms with E-state index in [2.05, 4.69) is 39.8 Å². The summed E-state index contributed by atoms with van der Waals surface area (Å²) in [4.78, 5) is 14.1. The number of nitrogens with one attached hydrogen (secondary N) is 2. The molecule has 0 aromatic heterocycles. The molecule has 1 aliphatic heterocycles. The van der Waals surface area contributed by atoms with Gasteiger partial charge >= 0.3 is 0 Å². The molecule has 0 spiro atoms. The average molecular weight is 319 g/mol. The van der Waals surface area contributed by atoms with E-state index in [0.717, 1.165) is 25.2 Å². The van der Waals surface area contributed by atoms with Gasteiger partial charge in [-0.1, -0.05) is 0 Å². The molecular formula is C18H29N3O2. The summed E-state index contributed by atoms with van der Waals surface area (Å²) < 4.78 is 4.95. The van der Waals surface area contributed by atoms with E-state index in [4.69, 9.17) is 4.74 Å². The maximum Gasteiger partial charge on any atom is 0.221 e. The molecule has 1 aromatic rings. The van der Waals surface area contributed by atoms with Gasteiger partial charge in [-0.25, -0.2) is 0 Å². The van der Waals surface area contributed by atoms with Crippen LogP contribution in [0.5, 0.6) is 0 Å². The molecule has 5 nitrogen and oxygen atoms in total. The fourth-order valence-electron chi connectivity index (χ4n) is 2.80. The molecule has 0 bridgehead atoms. The summed E-state index contributed by atoms with van der Waals surface area (Å²) in [5.74, 6) is 0.0820. The van der Waals surface area contributed by atoms with Gasteiger partial charge in [0.25, 0.3) is 0 Å². The number of anilines is 2. The topological polar surface area (TPSA) is 53.6 Å². The Morgan fingerprint density at radius 2 is 1.87 bits per heavy atom. The molecule has 2 N–H and O–H groups in total.